The fourth-order valence-electron chi connectivity index (χ4n) is 2.80. The SMILES string of the molecule is CC1CCC(C#N)(Cc2cc(F)cc(F)c2)C1. The van der Waals surface area contributed by atoms with Gasteiger partial charge in [0.05, 0.1) is 11.5 Å². The quantitative estimate of drug-likeness (QED) is 0.764. The number of hydrogen-bond donors (Lipinski definition) is 0. The Hall–Kier alpha value is -1.43. The molecule has 1 saturated carbocycles. The second-order valence-corrected chi connectivity index (χ2v) is 5.19. The van der Waals surface area contributed by atoms with Crippen LogP contribution in [0.4, 0.5) is 8.78 Å². The first-order valence-electron chi connectivity index (χ1n) is 5.89. The van der Waals surface area contributed by atoms with Gasteiger partial charge in [-0.25, -0.2) is 8.78 Å². The van der Waals surface area contributed by atoms with E-state index in [2.05, 4.69) is 13.0 Å². The van der Waals surface area contributed by atoms with E-state index >= 15 is 0 Å². The molecule has 1 aromatic carbocycles. The van der Waals surface area contributed by atoms with Crippen molar-refractivity contribution in [1.29, 1.82) is 5.26 Å². The molecule has 90 valence electrons. The van der Waals surface area contributed by atoms with Crippen LogP contribution < -0.4 is 0 Å². The summed E-state index contributed by atoms with van der Waals surface area (Å²) in [6.45, 7) is 2.12. The van der Waals surface area contributed by atoms with Gasteiger partial charge in [0.2, 0.25) is 0 Å². The summed E-state index contributed by atoms with van der Waals surface area (Å²) in [6.07, 6.45) is 3.11. The highest BCUT2D eigenvalue weighted by Crippen LogP contribution is 2.43. The third-order valence-electron chi connectivity index (χ3n) is 3.56. The van der Waals surface area contributed by atoms with Crippen molar-refractivity contribution in [2.24, 2.45) is 11.3 Å². The van der Waals surface area contributed by atoms with E-state index in [9.17, 15) is 14.0 Å². The third-order valence-corrected chi connectivity index (χ3v) is 3.56. The van der Waals surface area contributed by atoms with Gasteiger partial charge < -0.3 is 0 Å². The van der Waals surface area contributed by atoms with Crippen LogP contribution in [0, 0.1) is 34.3 Å². The molecule has 1 aliphatic carbocycles. The maximum Gasteiger partial charge on any atom is 0.126 e. The standard InChI is InChI=1S/C14H15F2N/c1-10-2-3-14(7-10,9-17)8-11-4-12(15)6-13(16)5-11/h4-6,10H,2-3,7-8H2,1H3. The van der Waals surface area contributed by atoms with Gasteiger partial charge in [0, 0.05) is 6.07 Å². The molecular formula is C14H15F2N. The molecule has 0 radical (unpaired) electrons. The summed E-state index contributed by atoms with van der Waals surface area (Å²) in [6, 6.07) is 5.86. The van der Waals surface area contributed by atoms with Gasteiger partial charge in [-0.05, 0) is 49.3 Å². The molecule has 0 amide bonds. The molecule has 3 heteroatoms. The molecule has 0 saturated heterocycles. The Morgan fingerprint density at radius 3 is 2.47 bits per heavy atom. The monoisotopic (exact) mass is 235 g/mol. The largest absolute Gasteiger partial charge is 0.207 e. The highest BCUT2D eigenvalue weighted by Gasteiger charge is 2.37. The zero-order valence-electron chi connectivity index (χ0n) is 9.84. The van der Waals surface area contributed by atoms with Gasteiger partial charge in [0.25, 0.3) is 0 Å². The number of nitriles is 1. The van der Waals surface area contributed by atoms with E-state index in [1.165, 1.54) is 12.1 Å². The number of benzene rings is 1. The number of halogens is 2. The molecule has 0 spiro atoms. The van der Waals surface area contributed by atoms with Gasteiger partial charge in [-0.15, -0.1) is 0 Å². The van der Waals surface area contributed by atoms with Crippen LogP contribution in [0.2, 0.25) is 0 Å². The topological polar surface area (TPSA) is 23.8 Å². The molecule has 1 aliphatic rings. The maximum absolute atomic E-state index is 13.1. The summed E-state index contributed by atoms with van der Waals surface area (Å²) >= 11 is 0. The molecule has 17 heavy (non-hydrogen) atoms. The van der Waals surface area contributed by atoms with Gasteiger partial charge in [0.1, 0.15) is 11.6 Å². The number of nitrogens with zero attached hydrogens (tertiary/aromatic N) is 1. The summed E-state index contributed by atoms with van der Waals surface area (Å²) in [5.41, 5.74) is 0.151. The highest BCUT2D eigenvalue weighted by molar-refractivity contribution is 5.22. The minimum absolute atomic E-state index is 0.431. The number of rotatable bonds is 2. The van der Waals surface area contributed by atoms with Gasteiger partial charge >= 0.3 is 0 Å². The van der Waals surface area contributed by atoms with Gasteiger partial charge in [-0.2, -0.15) is 5.26 Å². The number of hydrogen-bond acceptors (Lipinski definition) is 1. The average molecular weight is 235 g/mol. The van der Waals surface area contributed by atoms with E-state index in [1.807, 2.05) is 0 Å². The average Bonchev–Trinajstić information content (AvgIpc) is 2.59. The van der Waals surface area contributed by atoms with Crippen LogP contribution in [0.15, 0.2) is 18.2 Å². The molecule has 0 N–H and O–H groups in total. The predicted octanol–water partition coefficient (Wildman–Crippen LogP) is 3.84. The lowest BCUT2D eigenvalue weighted by atomic mass is 9.81. The molecule has 1 nitrogen and oxygen atoms in total. The van der Waals surface area contributed by atoms with Crippen molar-refractivity contribution in [2.75, 3.05) is 0 Å². The van der Waals surface area contributed by atoms with Crippen LogP contribution in [-0.4, -0.2) is 0 Å². The maximum atomic E-state index is 13.1. The highest BCUT2D eigenvalue weighted by atomic mass is 19.1. The molecule has 0 aromatic heterocycles. The van der Waals surface area contributed by atoms with Crippen LogP contribution in [0.25, 0.3) is 0 Å². The van der Waals surface area contributed by atoms with E-state index in [1.54, 1.807) is 0 Å². The molecule has 2 rings (SSSR count). The van der Waals surface area contributed by atoms with Crippen molar-refractivity contribution in [3.05, 3.63) is 35.4 Å². The van der Waals surface area contributed by atoms with E-state index in [-0.39, 0.29) is 0 Å². The first kappa shape index (κ1) is 12.0. The summed E-state index contributed by atoms with van der Waals surface area (Å²) in [4.78, 5) is 0. The van der Waals surface area contributed by atoms with Crippen LogP contribution in [0.1, 0.15) is 31.7 Å². The van der Waals surface area contributed by atoms with E-state index in [0.29, 0.717) is 17.9 Å². The normalized spacial score (nSPS) is 28.0. The second-order valence-electron chi connectivity index (χ2n) is 5.19. The zero-order valence-corrected chi connectivity index (χ0v) is 9.84. The minimum atomic E-state index is -0.570. The van der Waals surface area contributed by atoms with Gasteiger partial charge in [-0.3, -0.25) is 0 Å². The molecule has 1 fully saturated rings. The Bertz CT molecular complexity index is 444. The van der Waals surface area contributed by atoms with Crippen molar-refractivity contribution >= 4 is 0 Å². The van der Waals surface area contributed by atoms with Crippen LogP contribution in [0.3, 0.4) is 0 Å². The molecule has 2 atom stereocenters. The van der Waals surface area contributed by atoms with Crippen molar-refractivity contribution in [2.45, 2.75) is 32.6 Å². The smallest absolute Gasteiger partial charge is 0.126 e. The Balaban J connectivity index is 2.22. The van der Waals surface area contributed by atoms with E-state index in [0.717, 1.165) is 25.3 Å². The van der Waals surface area contributed by atoms with Crippen LogP contribution in [-0.2, 0) is 6.42 Å². The lowest BCUT2D eigenvalue weighted by molar-refractivity contribution is 0.389. The summed E-state index contributed by atoms with van der Waals surface area (Å²) in [5.74, 6) is -0.619. The van der Waals surface area contributed by atoms with E-state index in [4.69, 9.17) is 0 Å². The van der Waals surface area contributed by atoms with Crippen molar-refractivity contribution in [3.8, 4) is 6.07 Å². The van der Waals surface area contributed by atoms with Crippen LogP contribution in [0.5, 0.6) is 0 Å². The molecule has 1 aromatic rings. The fourth-order valence-corrected chi connectivity index (χ4v) is 2.80. The summed E-state index contributed by atoms with van der Waals surface area (Å²) in [5, 5.41) is 9.30. The lowest BCUT2D eigenvalue weighted by Gasteiger charge is -2.20. The Kier molecular flexibility index (Phi) is 3.15. The first-order valence-corrected chi connectivity index (χ1v) is 5.89. The third kappa shape index (κ3) is 2.63. The Morgan fingerprint density at radius 2 is 2.00 bits per heavy atom. The predicted molar refractivity (Wildman–Crippen MR) is 61.1 cm³/mol. The molecular weight excluding hydrogens is 220 g/mol. The lowest BCUT2D eigenvalue weighted by Crippen LogP contribution is -2.18. The molecule has 0 bridgehead atoms. The van der Waals surface area contributed by atoms with Gasteiger partial charge in [-0.1, -0.05) is 6.92 Å². The second kappa shape index (κ2) is 4.44. The Labute approximate surface area is 100 Å². The summed E-state index contributed by atoms with van der Waals surface area (Å²) < 4.78 is 26.2. The minimum Gasteiger partial charge on any atom is -0.207 e. The first-order chi connectivity index (χ1) is 8.03. The molecule has 0 heterocycles. The summed E-state index contributed by atoms with van der Waals surface area (Å²) in [7, 11) is 0. The van der Waals surface area contributed by atoms with Crippen molar-refractivity contribution in [3.63, 3.8) is 0 Å². The zero-order chi connectivity index (χ0) is 12.5. The van der Waals surface area contributed by atoms with Gasteiger partial charge in [0.15, 0.2) is 0 Å². The molecule has 2 unspecified atom stereocenters. The Morgan fingerprint density at radius 1 is 1.35 bits per heavy atom. The molecule has 0 aliphatic heterocycles. The van der Waals surface area contributed by atoms with Crippen molar-refractivity contribution in [1.82, 2.24) is 0 Å². The van der Waals surface area contributed by atoms with Crippen LogP contribution >= 0.6 is 0 Å². The van der Waals surface area contributed by atoms with E-state index < -0.39 is 17.0 Å². The fraction of sp³-hybridized carbons (Fsp3) is 0.500. The van der Waals surface area contributed by atoms with Crippen molar-refractivity contribution < 1.29 is 8.78 Å².